The molecular weight excluding hydrogens is 321 g/mol. The Hall–Kier alpha value is -2.44. The first-order chi connectivity index (χ1) is 11.9. The molecule has 2 amide bonds. The highest BCUT2D eigenvalue weighted by atomic mass is 19.1. The van der Waals surface area contributed by atoms with Crippen molar-refractivity contribution in [2.45, 2.75) is 12.1 Å². The molecule has 0 aromatic heterocycles. The first-order valence-electron chi connectivity index (χ1n) is 8.20. The molecule has 132 valence electrons. The summed E-state index contributed by atoms with van der Waals surface area (Å²) in [5, 5.41) is 12.9. The highest BCUT2D eigenvalue weighted by molar-refractivity contribution is 5.90. The number of nitrogens with one attached hydrogen (secondary N) is 1. The van der Waals surface area contributed by atoms with E-state index in [9.17, 15) is 14.3 Å². The second-order valence-corrected chi connectivity index (χ2v) is 6.52. The summed E-state index contributed by atoms with van der Waals surface area (Å²) in [6, 6.07) is 13.3. The number of likely N-dealkylation sites (tertiary alicyclic amines) is 1. The van der Waals surface area contributed by atoms with Crippen molar-refractivity contribution in [1.82, 2.24) is 9.80 Å². The number of rotatable bonds is 3. The van der Waals surface area contributed by atoms with Crippen molar-refractivity contribution < 1.29 is 14.3 Å². The minimum Gasteiger partial charge on any atom is -0.390 e. The van der Waals surface area contributed by atoms with Crippen LogP contribution in [0.25, 0.3) is 11.1 Å². The molecule has 1 aliphatic heterocycles. The van der Waals surface area contributed by atoms with Gasteiger partial charge < -0.3 is 20.2 Å². The number of urea groups is 1. The number of nitrogens with zero attached hydrogens (tertiary/aromatic N) is 2. The van der Waals surface area contributed by atoms with Gasteiger partial charge in [-0.05, 0) is 49.5 Å². The number of amides is 2. The lowest BCUT2D eigenvalue weighted by Crippen LogP contribution is -2.38. The predicted molar refractivity (Wildman–Crippen MR) is 95.9 cm³/mol. The number of carbonyl (C=O) groups excluding carboxylic acids is 1. The largest absolute Gasteiger partial charge is 0.390 e. The molecule has 2 aromatic rings. The van der Waals surface area contributed by atoms with E-state index in [1.807, 2.05) is 43.3 Å². The molecule has 0 saturated carbocycles. The van der Waals surface area contributed by atoms with E-state index in [0.717, 1.165) is 11.1 Å². The zero-order valence-electron chi connectivity index (χ0n) is 14.3. The fourth-order valence-electron chi connectivity index (χ4n) is 3.09. The molecule has 0 unspecified atom stereocenters. The molecule has 1 fully saturated rings. The summed E-state index contributed by atoms with van der Waals surface area (Å²) in [5.41, 5.74) is 2.21. The van der Waals surface area contributed by atoms with E-state index >= 15 is 0 Å². The minimum absolute atomic E-state index is 0.0654. The van der Waals surface area contributed by atoms with Crippen molar-refractivity contribution in [2.24, 2.45) is 0 Å². The van der Waals surface area contributed by atoms with Crippen LogP contribution in [0.1, 0.15) is 0 Å². The monoisotopic (exact) mass is 343 g/mol. The molecule has 2 atom stereocenters. The molecule has 0 aliphatic carbocycles. The quantitative estimate of drug-likeness (QED) is 0.901. The van der Waals surface area contributed by atoms with Gasteiger partial charge >= 0.3 is 6.03 Å². The van der Waals surface area contributed by atoms with Crippen LogP contribution in [0, 0.1) is 5.82 Å². The first-order valence-corrected chi connectivity index (χ1v) is 8.20. The average molecular weight is 343 g/mol. The number of hydrogen-bond donors (Lipinski definition) is 2. The van der Waals surface area contributed by atoms with Crippen LogP contribution < -0.4 is 5.32 Å². The third-order valence-corrected chi connectivity index (χ3v) is 4.48. The number of carbonyl (C=O) groups is 1. The number of β-amino-alcohol motifs (C(OH)–C–C–N with tert-alkyl or cyclic N) is 1. The van der Waals surface area contributed by atoms with Gasteiger partial charge in [0.25, 0.3) is 0 Å². The number of likely N-dealkylation sites (N-methyl/N-ethyl adjacent to an activating group) is 1. The fourth-order valence-corrected chi connectivity index (χ4v) is 3.09. The second kappa shape index (κ2) is 7.21. The fraction of sp³-hybridized carbons (Fsp3) is 0.316. The van der Waals surface area contributed by atoms with Crippen LogP contribution in [0.15, 0.2) is 48.5 Å². The molecule has 5 nitrogen and oxygen atoms in total. The van der Waals surface area contributed by atoms with Gasteiger partial charge in [-0.15, -0.1) is 0 Å². The molecule has 0 bridgehead atoms. The van der Waals surface area contributed by atoms with Gasteiger partial charge in [-0.1, -0.05) is 24.3 Å². The summed E-state index contributed by atoms with van der Waals surface area (Å²) in [6.45, 7) is 0.780. The summed E-state index contributed by atoms with van der Waals surface area (Å²) in [4.78, 5) is 16.0. The maximum absolute atomic E-state index is 13.4. The van der Waals surface area contributed by atoms with Crippen LogP contribution in [0.4, 0.5) is 14.9 Å². The number of benzene rings is 2. The molecule has 2 N–H and O–H groups in total. The summed E-state index contributed by atoms with van der Waals surface area (Å²) in [6.07, 6.45) is -0.556. The Bertz CT molecular complexity index is 766. The third-order valence-electron chi connectivity index (χ3n) is 4.48. The van der Waals surface area contributed by atoms with Crippen LogP contribution >= 0.6 is 0 Å². The van der Waals surface area contributed by atoms with Crippen LogP contribution in [-0.4, -0.2) is 60.3 Å². The van der Waals surface area contributed by atoms with Gasteiger partial charge in [0.1, 0.15) is 5.82 Å². The summed E-state index contributed by atoms with van der Waals surface area (Å²) in [5.74, 6) is -0.298. The number of anilines is 1. The van der Waals surface area contributed by atoms with E-state index < -0.39 is 6.10 Å². The second-order valence-electron chi connectivity index (χ2n) is 6.52. The summed E-state index contributed by atoms with van der Waals surface area (Å²) >= 11 is 0. The molecular formula is C19H22FN3O2. The topological polar surface area (TPSA) is 55.8 Å². The van der Waals surface area contributed by atoms with Crippen molar-refractivity contribution in [3.63, 3.8) is 0 Å². The highest BCUT2D eigenvalue weighted by Gasteiger charge is 2.35. The van der Waals surface area contributed by atoms with Gasteiger partial charge in [0, 0.05) is 12.2 Å². The molecule has 6 heteroatoms. The normalized spacial score (nSPS) is 20.1. The Morgan fingerprint density at radius 2 is 1.84 bits per heavy atom. The van der Waals surface area contributed by atoms with E-state index in [-0.39, 0.29) is 17.9 Å². The zero-order valence-corrected chi connectivity index (χ0v) is 14.3. The minimum atomic E-state index is -0.556. The Morgan fingerprint density at radius 1 is 1.16 bits per heavy atom. The average Bonchev–Trinajstić information content (AvgIpc) is 2.97. The third kappa shape index (κ3) is 3.97. The Kier molecular flexibility index (Phi) is 5.01. The van der Waals surface area contributed by atoms with Gasteiger partial charge in [0.15, 0.2) is 0 Å². The molecule has 0 spiro atoms. The van der Waals surface area contributed by atoms with Crippen LogP contribution in [0.3, 0.4) is 0 Å². The van der Waals surface area contributed by atoms with Crippen LogP contribution in [0.5, 0.6) is 0 Å². The van der Waals surface area contributed by atoms with Crippen LogP contribution in [0.2, 0.25) is 0 Å². The summed E-state index contributed by atoms with van der Waals surface area (Å²) in [7, 11) is 3.77. The van der Waals surface area contributed by atoms with E-state index in [4.69, 9.17) is 0 Å². The molecule has 25 heavy (non-hydrogen) atoms. The van der Waals surface area contributed by atoms with Crippen LogP contribution in [-0.2, 0) is 0 Å². The van der Waals surface area contributed by atoms with Crippen molar-refractivity contribution in [2.75, 3.05) is 32.5 Å². The van der Waals surface area contributed by atoms with Crippen molar-refractivity contribution in [3.05, 3.63) is 54.3 Å². The van der Waals surface area contributed by atoms with E-state index in [0.29, 0.717) is 18.8 Å². The van der Waals surface area contributed by atoms with Gasteiger partial charge in [-0.2, -0.15) is 0 Å². The molecule has 2 aromatic carbocycles. The SMILES string of the molecule is CN(C)[C@H]1CN(C(=O)Nc2cccc(-c3cccc(F)c3)c2)C[C@@H]1O. The number of aliphatic hydroxyl groups excluding tert-OH is 1. The molecule has 1 heterocycles. The summed E-state index contributed by atoms with van der Waals surface area (Å²) < 4.78 is 13.4. The Labute approximate surface area is 146 Å². The number of aliphatic hydroxyl groups is 1. The number of hydrogen-bond acceptors (Lipinski definition) is 3. The lowest BCUT2D eigenvalue weighted by Gasteiger charge is -2.21. The van der Waals surface area contributed by atoms with E-state index in [2.05, 4.69) is 5.32 Å². The van der Waals surface area contributed by atoms with Crippen molar-refractivity contribution in [3.8, 4) is 11.1 Å². The van der Waals surface area contributed by atoms with Gasteiger partial charge in [0.05, 0.1) is 18.7 Å². The molecule has 1 saturated heterocycles. The van der Waals surface area contributed by atoms with Gasteiger partial charge in [-0.25, -0.2) is 9.18 Å². The highest BCUT2D eigenvalue weighted by Crippen LogP contribution is 2.24. The molecule has 3 rings (SSSR count). The van der Waals surface area contributed by atoms with Gasteiger partial charge in [0.2, 0.25) is 0 Å². The van der Waals surface area contributed by atoms with E-state index in [1.165, 1.54) is 12.1 Å². The van der Waals surface area contributed by atoms with E-state index in [1.54, 1.807) is 17.0 Å². The maximum atomic E-state index is 13.4. The first kappa shape index (κ1) is 17.4. The Morgan fingerprint density at radius 3 is 2.48 bits per heavy atom. The predicted octanol–water partition coefficient (Wildman–Crippen LogP) is 2.63. The molecule has 0 radical (unpaired) electrons. The number of halogens is 1. The lowest BCUT2D eigenvalue weighted by atomic mass is 10.1. The molecule has 1 aliphatic rings. The maximum Gasteiger partial charge on any atom is 0.321 e. The van der Waals surface area contributed by atoms with Gasteiger partial charge in [-0.3, -0.25) is 0 Å². The smallest absolute Gasteiger partial charge is 0.321 e. The van der Waals surface area contributed by atoms with Crippen molar-refractivity contribution in [1.29, 1.82) is 0 Å². The van der Waals surface area contributed by atoms with Crippen molar-refractivity contribution >= 4 is 11.7 Å². The lowest BCUT2D eigenvalue weighted by molar-refractivity contribution is 0.113. The Balaban J connectivity index is 1.71. The zero-order chi connectivity index (χ0) is 18.0. The standard InChI is InChI=1S/C19H22FN3O2/c1-22(2)17-11-23(12-18(17)24)19(25)21-16-8-4-6-14(10-16)13-5-3-7-15(20)9-13/h3-10,17-18,24H,11-12H2,1-2H3,(H,21,25)/t17-,18-/m0/s1.